The van der Waals surface area contributed by atoms with Crippen LogP contribution in [0.1, 0.15) is 108 Å². The van der Waals surface area contributed by atoms with Crippen LogP contribution >= 0.6 is 0 Å². The van der Waals surface area contributed by atoms with Gasteiger partial charge in [0.1, 0.15) is 0 Å². The van der Waals surface area contributed by atoms with Crippen molar-refractivity contribution in [1.82, 2.24) is 0 Å². The Bertz CT molecular complexity index is 84.0. The van der Waals surface area contributed by atoms with Crippen molar-refractivity contribution in [3.8, 4) is 0 Å². The minimum absolute atomic E-state index is 0.886. The molecule has 0 heterocycles. The standard InChI is InChI=1S/C11H24.C3H8.2C2H6/c1-5-7-8-11(6-2)9-10(3)4;1-3-2;2*1-2/h10-11H,5-9H2,1-4H3;3H2,1-2H3;2*1-2H3. The SMILES string of the molecule is CC.CC.CCC.CCCCC(CC)CC(C)C. The van der Waals surface area contributed by atoms with Gasteiger partial charge in [0.15, 0.2) is 0 Å². The summed E-state index contributed by atoms with van der Waals surface area (Å²) < 4.78 is 0. The molecule has 0 N–H and O–H groups in total. The Kier molecular flexibility index (Phi) is 44.6. The van der Waals surface area contributed by atoms with E-state index < -0.39 is 0 Å². The minimum Gasteiger partial charge on any atom is -0.0683 e. The third kappa shape index (κ3) is 36.0. The normalized spacial score (nSPS) is 10.2. The Hall–Kier alpha value is 0. The van der Waals surface area contributed by atoms with Gasteiger partial charge in [0.2, 0.25) is 0 Å². The first-order valence-electron chi connectivity index (χ1n) is 8.62. The summed E-state index contributed by atoms with van der Waals surface area (Å²) in [4.78, 5) is 0. The van der Waals surface area contributed by atoms with Crippen LogP contribution in [0, 0.1) is 11.8 Å². The summed E-state index contributed by atoms with van der Waals surface area (Å²) in [5.41, 5.74) is 0. The van der Waals surface area contributed by atoms with Gasteiger partial charge in [-0.2, -0.15) is 0 Å². The molecule has 0 bridgehead atoms. The van der Waals surface area contributed by atoms with E-state index in [0.29, 0.717) is 0 Å². The minimum atomic E-state index is 0.886. The zero-order chi connectivity index (χ0) is 15.4. The Labute approximate surface area is 120 Å². The van der Waals surface area contributed by atoms with Gasteiger partial charge in [-0.15, -0.1) is 0 Å². The summed E-state index contributed by atoms with van der Waals surface area (Å²) in [5.74, 6) is 1.88. The summed E-state index contributed by atoms with van der Waals surface area (Å²) in [6.07, 6.45) is 8.28. The van der Waals surface area contributed by atoms with Gasteiger partial charge < -0.3 is 0 Å². The second kappa shape index (κ2) is 30.2. The Morgan fingerprint density at radius 2 is 1.17 bits per heavy atom. The summed E-state index contributed by atoms with van der Waals surface area (Å²) in [7, 11) is 0. The van der Waals surface area contributed by atoms with E-state index in [1.54, 1.807) is 0 Å². The number of hydrogen-bond acceptors (Lipinski definition) is 0. The van der Waals surface area contributed by atoms with Crippen molar-refractivity contribution in [1.29, 1.82) is 0 Å². The molecular weight excluding hydrogens is 216 g/mol. The lowest BCUT2D eigenvalue weighted by atomic mass is 9.90. The van der Waals surface area contributed by atoms with E-state index in [1.807, 2.05) is 27.7 Å². The number of hydrogen-bond donors (Lipinski definition) is 0. The molecule has 1 atom stereocenters. The molecule has 0 aliphatic carbocycles. The van der Waals surface area contributed by atoms with Crippen LogP contribution in [-0.2, 0) is 0 Å². The molecule has 0 saturated heterocycles. The van der Waals surface area contributed by atoms with Crippen molar-refractivity contribution < 1.29 is 0 Å². The van der Waals surface area contributed by atoms with Crippen LogP contribution in [0.4, 0.5) is 0 Å². The van der Waals surface area contributed by atoms with Crippen LogP contribution < -0.4 is 0 Å². The Balaban J connectivity index is -0.000000118. The monoisotopic (exact) mass is 260 g/mol. The van der Waals surface area contributed by atoms with Gasteiger partial charge in [-0.05, 0) is 18.3 Å². The highest BCUT2D eigenvalue weighted by atomic mass is 14.1. The first-order valence-corrected chi connectivity index (χ1v) is 8.62. The largest absolute Gasteiger partial charge is 0.0683 e. The molecule has 0 radical (unpaired) electrons. The molecule has 0 aliphatic heterocycles. The van der Waals surface area contributed by atoms with E-state index >= 15 is 0 Å². The molecule has 0 rings (SSSR count). The molecule has 0 saturated carbocycles. The lowest BCUT2D eigenvalue weighted by molar-refractivity contribution is 0.366. The molecule has 0 aromatic carbocycles. The second-order valence-electron chi connectivity index (χ2n) is 4.75. The fourth-order valence-electron chi connectivity index (χ4n) is 1.65. The van der Waals surface area contributed by atoms with Crippen molar-refractivity contribution in [3.05, 3.63) is 0 Å². The lowest BCUT2D eigenvalue weighted by Crippen LogP contribution is -2.02. The van der Waals surface area contributed by atoms with Gasteiger partial charge in [0.25, 0.3) is 0 Å². The predicted molar refractivity (Wildman–Crippen MR) is 91.4 cm³/mol. The van der Waals surface area contributed by atoms with Crippen LogP contribution in [0.5, 0.6) is 0 Å². The molecule has 116 valence electrons. The number of rotatable bonds is 6. The molecule has 0 fully saturated rings. The highest BCUT2D eigenvalue weighted by molar-refractivity contribution is 4.59. The number of unbranched alkanes of at least 4 members (excludes halogenated alkanes) is 1. The van der Waals surface area contributed by atoms with E-state index in [1.165, 1.54) is 38.5 Å². The van der Waals surface area contributed by atoms with E-state index in [2.05, 4.69) is 41.5 Å². The summed E-state index contributed by atoms with van der Waals surface area (Å²) in [6.45, 7) is 21.5. The third-order valence-electron chi connectivity index (χ3n) is 2.35. The van der Waals surface area contributed by atoms with E-state index in [4.69, 9.17) is 0 Å². The highest BCUT2D eigenvalue weighted by Crippen LogP contribution is 2.20. The maximum atomic E-state index is 2.33. The fourth-order valence-corrected chi connectivity index (χ4v) is 1.65. The van der Waals surface area contributed by atoms with Crippen molar-refractivity contribution in [3.63, 3.8) is 0 Å². The second-order valence-corrected chi connectivity index (χ2v) is 4.75. The van der Waals surface area contributed by atoms with Gasteiger partial charge in [-0.3, -0.25) is 0 Å². The zero-order valence-electron chi connectivity index (χ0n) is 15.4. The molecule has 0 aromatic rings. The first-order chi connectivity index (χ1) is 8.62. The molecule has 1 unspecified atom stereocenters. The summed E-state index contributed by atoms with van der Waals surface area (Å²) in [6, 6.07) is 0. The van der Waals surface area contributed by atoms with Crippen molar-refractivity contribution in [2.75, 3.05) is 0 Å². The summed E-state index contributed by atoms with van der Waals surface area (Å²) in [5, 5.41) is 0. The van der Waals surface area contributed by atoms with Crippen molar-refractivity contribution in [2.45, 2.75) is 108 Å². The molecule has 18 heavy (non-hydrogen) atoms. The third-order valence-corrected chi connectivity index (χ3v) is 2.35. The molecule has 0 aromatic heterocycles. The molecule has 0 nitrogen and oxygen atoms in total. The Morgan fingerprint density at radius 3 is 1.39 bits per heavy atom. The Morgan fingerprint density at radius 1 is 0.778 bits per heavy atom. The van der Waals surface area contributed by atoms with Crippen molar-refractivity contribution >= 4 is 0 Å². The first kappa shape index (κ1) is 26.5. The molecule has 0 amide bonds. The maximum absolute atomic E-state index is 2.33. The average molecular weight is 261 g/mol. The van der Waals surface area contributed by atoms with Crippen LogP contribution in [0.15, 0.2) is 0 Å². The van der Waals surface area contributed by atoms with E-state index in [-0.39, 0.29) is 0 Å². The summed E-state index contributed by atoms with van der Waals surface area (Å²) >= 11 is 0. The van der Waals surface area contributed by atoms with Crippen LogP contribution in [0.25, 0.3) is 0 Å². The van der Waals surface area contributed by atoms with E-state index in [0.717, 1.165) is 11.8 Å². The molecule has 0 heteroatoms. The van der Waals surface area contributed by atoms with Gasteiger partial charge in [0, 0.05) is 0 Å². The van der Waals surface area contributed by atoms with E-state index in [9.17, 15) is 0 Å². The van der Waals surface area contributed by atoms with Crippen LogP contribution in [0.2, 0.25) is 0 Å². The molecule has 0 spiro atoms. The van der Waals surface area contributed by atoms with Crippen molar-refractivity contribution in [2.24, 2.45) is 11.8 Å². The topological polar surface area (TPSA) is 0 Å². The predicted octanol–water partition coefficient (Wildman–Crippen LogP) is 7.72. The van der Waals surface area contributed by atoms with Gasteiger partial charge >= 0.3 is 0 Å². The quantitative estimate of drug-likeness (QED) is 0.458. The van der Waals surface area contributed by atoms with Gasteiger partial charge in [-0.25, -0.2) is 0 Å². The maximum Gasteiger partial charge on any atom is -0.0414 e. The van der Waals surface area contributed by atoms with Gasteiger partial charge in [-0.1, -0.05) is 101 Å². The van der Waals surface area contributed by atoms with Crippen LogP contribution in [0.3, 0.4) is 0 Å². The molecular formula is C18H44. The highest BCUT2D eigenvalue weighted by Gasteiger charge is 2.07. The smallest absolute Gasteiger partial charge is 0.0414 e. The van der Waals surface area contributed by atoms with Crippen LogP contribution in [-0.4, -0.2) is 0 Å². The lowest BCUT2D eigenvalue weighted by Gasteiger charge is -2.16. The average Bonchev–Trinajstić information content (AvgIpc) is 2.39. The zero-order valence-corrected chi connectivity index (χ0v) is 15.4. The fraction of sp³-hybridized carbons (Fsp3) is 1.00. The van der Waals surface area contributed by atoms with Gasteiger partial charge in [0.05, 0.1) is 0 Å². The molecule has 0 aliphatic rings.